The van der Waals surface area contributed by atoms with Crippen LogP contribution >= 0.6 is 11.3 Å². The van der Waals surface area contributed by atoms with E-state index < -0.39 is 0 Å². The molecular weight excluding hydrogens is 248 g/mol. The van der Waals surface area contributed by atoms with Gasteiger partial charge in [-0.2, -0.15) is 0 Å². The van der Waals surface area contributed by atoms with Crippen molar-refractivity contribution in [2.75, 3.05) is 13.1 Å². The fourth-order valence-corrected chi connectivity index (χ4v) is 3.20. The summed E-state index contributed by atoms with van der Waals surface area (Å²) in [5.74, 6) is -0.228. The fourth-order valence-electron chi connectivity index (χ4n) is 2.32. The summed E-state index contributed by atoms with van der Waals surface area (Å²) in [7, 11) is 0. The van der Waals surface area contributed by atoms with Crippen molar-refractivity contribution in [1.82, 2.24) is 4.90 Å². The number of carbonyl (C=O) groups excluding carboxylic acids is 2. The number of hydrogen-bond acceptors (Lipinski definition) is 4. The van der Waals surface area contributed by atoms with E-state index in [2.05, 4.69) is 6.92 Å². The number of rotatable bonds is 5. The molecule has 1 aromatic rings. The fraction of sp³-hybridized carbons (Fsp3) is 0.538. The summed E-state index contributed by atoms with van der Waals surface area (Å²) in [5.41, 5.74) is 5.34. The summed E-state index contributed by atoms with van der Waals surface area (Å²) in [6.07, 6.45) is 2.66. The highest BCUT2D eigenvalue weighted by atomic mass is 32.1. The Hall–Kier alpha value is -1.20. The summed E-state index contributed by atoms with van der Waals surface area (Å²) < 4.78 is 0. The lowest BCUT2D eigenvalue weighted by molar-refractivity contribution is -0.122. The number of nitrogens with zero attached hydrogens (tertiary/aromatic N) is 1. The molecule has 0 saturated carbocycles. The third-order valence-electron chi connectivity index (χ3n) is 3.32. The second kappa shape index (κ2) is 5.63. The van der Waals surface area contributed by atoms with E-state index in [9.17, 15) is 9.59 Å². The Balaban J connectivity index is 2.00. The number of Topliss-reactive ketones (excluding diaryl/α,β-unsaturated/α-hetero) is 1. The molecule has 0 bridgehead atoms. The monoisotopic (exact) mass is 266 g/mol. The summed E-state index contributed by atoms with van der Waals surface area (Å²) in [6.45, 7) is 3.16. The Labute approximate surface area is 111 Å². The van der Waals surface area contributed by atoms with Crippen molar-refractivity contribution in [3.63, 3.8) is 0 Å². The predicted molar refractivity (Wildman–Crippen MR) is 71.8 cm³/mol. The molecule has 5 heteroatoms. The Morgan fingerprint density at radius 1 is 1.50 bits per heavy atom. The second-order valence-corrected chi connectivity index (χ2v) is 5.74. The molecule has 1 atom stereocenters. The molecule has 0 aliphatic carbocycles. The van der Waals surface area contributed by atoms with Crippen LogP contribution in [-0.2, 0) is 11.2 Å². The van der Waals surface area contributed by atoms with Crippen molar-refractivity contribution in [2.45, 2.75) is 32.2 Å². The van der Waals surface area contributed by atoms with E-state index in [4.69, 9.17) is 5.73 Å². The van der Waals surface area contributed by atoms with Gasteiger partial charge < -0.3 is 5.73 Å². The van der Waals surface area contributed by atoms with Gasteiger partial charge in [0, 0.05) is 4.88 Å². The van der Waals surface area contributed by atoms with Crippen LogP contribution in [0.3, 0.4) is 0 Å². The van der Waals surface area contributed by atoms with Gasteiger partial charge in [0.15, 0.2) is 5.78 Å². The molecule has 1 fully saturated rings. The summed E-state index contributed by atoms with van der Waals surface area (Å²) in [6, 6.07) is 3.61. The molecule has 0 aromatic carbocycles. The maximum atomic E-state index is 12.1. The van der Waals surface area contributed by atoms with Gasteiger partial charge in [0.05, 0.1) is 17.5 Å². The van der Waals surface area contributed by atoms with E-state index in [0.717, 1.165) is 30.7 Å². The standard InChI is InChI=1S/C13H18N2O2S/c1-2-9-5-6-12(18-9)11(16)8-15-7-3-4-10(15)13(14)17/h5-6,10H,2-4,7-8H2,1H3,(H2,14,17). The van der Waals surface area contributed by atoms with Crippen molar-refractivity contribution in [3.8, 4) is 0 Å². The van der Waals surface area contributed by atoms with Crippen LogP contribution in [0.4, 0.5) is 0 Å². The Morgan fingerprint density at radius 3 is 2.89 bits per heavy atom. The molecule has 0 radical (unpaired) electrons. The third kappa shape index (κ3) is 2.79. The van der Waals surface area contributed by atoms with E-state index in [1.807, 2.05) is 17.0 Å². The number of primary amides is 1. The zero-order valence-electron chi connectivity index (χ0n) is 10.5. The minimum absolute atomic E-state index is 0.0906. The zero-order valence-corrected chi connectivity index (χ0v) is 11.3. The normalized spacial score (nSPS) is 20.2. The second-order valence-electron chi connectivity index (χ2n) is 4.57. The smallest absolute Gasteiger partial charge is 0.234 e. The van der Waals surface area contributed by atoms with Crippen molar-refractivity contribution in [1.29, 1.82) is 0 Å². The lowest BCUT2D eigenvalue weighted by atomic mass is 10.2. The SMILES string of the molecule is CCc1ccc(C(=O)CN2CCCC2C(N)=O)s1. The highest BCUT2D eigenvalue weighted by molar-refractivity contribution is 7.14. The van der Waals surface area contributed by atoms with E-state index >= 15 is 0 Å². The summed E-state index contributed by atoms with van der Waals surface area (Å²) in [5, 5.41) is 0. The van der Waals surface area contributed by atoms with Gasteiger partial charge in [-0.25, -0.2) is 0 Å². The first-order chi connectivity index (χ1) is 8.61. The van der Waals surface area contributed by atoms with Crippen LogP contribution in [0, 0.1) is 0 Å². The van der Waals surface area contributed by atoms with E-state index in [1.54, 1.807) is 11.3 Å². The Morgan fingerprint density at radius 2 is 2.28 bits per heavy atom. The van der Waals surface area contributed by atoms with Crippen LogP contribution in [0.15, 0.2) is 12.1 Å². The van der Waals surface area contributed by atoms with E-state index in [0.29, 0.717) is 6.54 Å². The zero-order chi connectivity index (χ0) is 13.1. The van der Waals surface area contributed by atoms with E-state index in [-0.39, 0.29) is 17.7 Å². The number of thiophene rings is 1. The van der Waals surface area contributed by atoms with Gasteiger partial charge in [-0.1, -0.05) is 6.92 Å². The van der Waals surface area contributed by atoms with Gasteiger partial charge >= 0.3 is 0 Å². The molecule has 1 amide bonds. The van der Waals surface area contributed by atoms with Gasteiger partial charge in [0.1, 0.15) is 0 Å². The first-order valence-corrected chi connectivity index (χ1v) is 7.08. The number of nitrogens with two attached hydrogens (primary N) is 1. The van der Waals surface area contributed by atoms with Crippen molar-refractivity contribution < 1.29 is 9.59 Å². The largest absolute Gasteiger partial charge is 0.368 e. The molecule has 1 aromatic heterocycles. The Kier molecular flexibility index (Phi) is 4.14. The Bertz CT molecular complexity index is 456. The molecule has 98 valence electrons. The number of aryl methyl sites for hydroxylation is 1. The average Bonchev–Trinajstić information content (AvgIpc) is 2.96. The molecule has 2 heterocycles. The quantitative estimate of drug-likeness (QED) is 0.820. The lowest BCUT2D eigenvalue weighted by Crippen LogP contribution is -2.42. The van der Waals surface area contributed by atoms with Gasteiger partial charge in [0.2, 0.25) is 5.91 Å². The minimum atomic E-state index is -0.319. The first kappa shape index (κ1) is 13.2. The predicted octanol–water partition coefficient (Wildman–Crippen LogP) is 1.44. The molecular formula is C13H18N2O2S. The van der Waals surface area contributed by atoms with Crippen molar-refractivity contribution in [3.05, 3.63) is 21.9 Å². The molecule has 2 rings (SSSR count). The molecule has 1 unspecified atom stereocenters. The average molecular weight is 266 g/mol. The highest BCUT2D eigenvalue weighted by Crippen LogP contribution is 2.21. The third-order valence-corrected chi connectivity index (χ3v) is 4.59. The van der Waals surface area contributed by atoms with Crippen LogP contribution in [-0.4, -0.2) is 35.7 Å². The number of carbonyl (C=O) groups is 2. The molecule has 2 N–H and O–H groups in total. The van der Waals surface area contributed by atoms with Crippen LogP contribution < -0.4 is 5.73 Å². The molecule has 1 saturated heterocycles. The molecule has 18 heavy (non-hydrogen) atoms. The van der Waals surface area contributed by atoms with Crippen molar-refractivity contribution in [2.24, 2.45) is 5.73 Å². The van der Waals surface area contributed by atoms with Crippen LogP contribution in [0.25, 0.3) is 0 Å². The van der Waals surface area contributed by atoms with E-state index in [1.165, 1.54) is 4.88 Å². The van der Waals surface area contributed by atoms with Gasteiger partial charge in [0.25, 0.3) is 0 Å². The number of likely N-dealkylation sites (tertiary alicyclic amines) is 1. The van der Waals surface area contributed by atoms with Gasteiger partial charge in [-0.05, 0) is 37.9 Å². The lowest BCUT2D eigenvalue weighted by Gasteiger charge is -2.20. The van der Waals surface area contributed by atoms with Crippen molar-refractivity contribution >= 4 is 23.0 Å². The maximum Gasteiger partial charge on any atom is 0.234 e. The van der Waals surface area contributed by atoms with Crippen LogP contribution in [0.2, 0.25) is 0 Å². The molecule has 1 aliphatic rings. The number of hydrogen-bond donors (Lipinski definition) is 1. The number of amides is 1. The number of ketones is 1. The topological polar surface area (TPSA) is 63.4 Å². The van der Waals surface area contributed by atoms with Gasteiger partial charge in [-0.15, -0.1) is 11.3 Å². The van der Waals surface area contributed by atoms with Gasteiger partial charge in [-0.3, -0.25) is 14.5 Å². The van der Waals surface area contributed by atoms with Crippen LogP contribution in [0.1, 0.15) is 34.3 Å². The summed E-state index contributed by atoms with van der Waals surface area (Å²) in [4.78, 5) is 27.3. The van der Waals surface area contributed by atoms with Crippen LogP contribution in [0.5, 0.6) is 0 Å². The maximum absolute atomic E-state index is 12.1. The molecule has 0 spiro atoms. The summed E-state index contributed by atoms with van der Waals surface area (Å²) >= 11 is 1.54. The molecule has 1 aliphatic heterocycles. The molecule has 4 nitrogen and oxygen atoms in total. The highest BCUT2D eigenvalue weighted by Gasteiger charge is 2.30. The minimum Gasteiger partial charge on any atom is -0.368 e. The first-order valence-electron chi connectivity index (χ1n) is 6.27.